The number of carbonyl (C=O) groups is 2. The Bertz CT molecular complexity index is 231. The molecule has 0 rings (SSSR count). The van der Waals surface area contributed by atoms with Crippen LogP contribution in [0.4, 0.5) is 0 Å². The molecule has 0 radical (unpaired) electrons. The number of hydrogen-bond donors (Lipinski definition) is 3. The fraction of sp³-hybridized carbons (Fsp3) is 0.800. The Labute approximate surface area is 90.0 Å². The molecule has 0 aromatic carbocycles. The standard InChI is InChI=1S/C10H20N2O3/c1-4-6(3)8(10(14)15)12-9(13)7(11)5-2/h6-8H,4-5,11H2,1-3H3,(H,12,13)(H,14,15)/t6?,7-,8?/m0/s1. The molecule has 0 bridgehead atoms. The largest absolute Gasteiger partial charge is 0.480 e. The van der Waals surface area contributed by atoms with Gasteiger partial charge < -0.3 is 16.2 Å². The fourth-order valence-electron chi connectivity index (χ4n) is 1.13. The average molecular weight is 216 g/mol. The second-order valence-corrected chi connectivity index (χ2v) is 3.72. The summed E-state index contributed by atoms with van der Waals surface area (Å²) in [5.41, 5.74) is 5.50. The summed E-state index contributed by atoms with van der Waals surface area (Å²) in [6.07, 6.45) is 1.19. The molecule has 0 spiro atoms. The second-order valence-electron chi connectivity index (χ2n) is 3.72. The van der Waals surface area contributed by atoms with Gasteiger partial charge in [-0.2, -0.15) is 0 Å². The number of carboxylic acids is 1. The van der Waals surface area contributed by atoms with E-state index in [1.807, 2.05) is 6.92 Å². The molecule has 3 atom stereocenters. The fourth-order valence-corrected chi connectivity index (χ4v) is 1.13. The van der Waals surface area contributed by atoms with E-state index < -0.39 is 24.0 Å². The first-order valence-electron chi connectivity index (χ1n) is 5.22. The number of carboxylic acid groups (broad SMARTS) is 1. The number of carbonyl (C=O) groups excluding carboxylic acids is 1. The van der Waals surface area contributed by atoms with Gasteiger partial charge in [0, 0.05) is 0 Å². The van der Waals surface area contributed by atoms with Gasteiger partial charge in [-0.15, -0.1) is 0 Å². The number of nitrogens with one attached hydrogen (secondary N) is 1. The molecular formula is C10H20N2O3. The van der Waals surface area contributed by atoms with E-state index in [9.17, 15) is 9.59 Å². The van der Waals surface area contributed by atoms with Crippen molar-refractivity contribution in [3.05, 3.63) is 0 Å². The molecule has 1 amide bonds. The molecule has 0 aromatic rings. The van der Waals surface area contributed by atoms with Gasteiger partial charge in [0.25, 0.3) is 0 Å². The van der Waals surface area contributed by atoms with E-state index in [-0.39, 0.29) is 5.92 Å². The Kier molecular flexibility index (Phi) is 5.93. The molecule has 0 aliphatic carbocycles. The van der Waals surface area contributed by atoms with Crippen LogP contribution in [0.1, 0.15) is 33.6 Å². The van der Waals surface area contributed by atoms with Crippen molar-refractivity contribution < 1.29 is 14.7 Å². The molecule has 0 fully saturated rings. The zero-order chi connectivity index (χ0) is 12.0. The van der Waals surface area contributed by atoms with Crippen molar-refractivity contribution in [3.8, 4) is 0 Å². The van der Waals surface area contributed by atoms with Gasteiger partial charge in [0.1, 0.15) is 6.04 Å². The Morgan fingerprint density at radius 3 is 2.20 bits per heavy atom. The predicted molar refractivity (Wildman–Crippen MR) is 57.3 cm³/mol. The minimum atomic E-state index is -1.01. The maximum Gasteiger partial charge on any atom is 0.326 e. The third kappa shape index (κ3) is 4.29. The Morgan fingerprint density at radius 1 is 1.33 bits per heavy atom. The van der Waals surface area contributed by atoms with E-state index >= 15 is 0 Å². The molecule has 0 saturated heterocycles. The van der Waals surface area contributed by atoms with Crippen molar-refractivity contribution in [1.29, 1.82) is 0 Å². The normalized spacial score (nSPS) is 16.5. The summed E-state index contributed by atoms with van der Waals surface area (Å²) in [7, 11) is 0. The lowest BCUT2D eigenvalue weighted by Gasteiger charge is -2.21. The van der Waals surface area contributed by atoms with Crippen LogP contribution in [0, 0.1) is 5.92 Å². The molecule has 2 unspecified atom stereocenters. The van der Waals surface area contributed by atoms with E-state index in [0.717, 1.165) is 0 Å². The highest BCUT2D eigenvalue weighted by atomic mass is 16.4. The van der Waals surface area contributed by atoms with Crippen molar-refractivity contribution in [2.24, 2.45) is 11.7 Å². The van der Waals surface area contributed by atoms with Crippen LogP contribution in [0.3, 0.4) is 0 Å². The van der Waals surface area contributed by atoms with E-state index in [1.54, 1.807) is 13.8 Å². The Balaban J connectivity index is 4.42. The summed E-state index contributed by atoms with van der Waals surface area (Å²) < 4.78 is 0. The zero-order valence-electron chi connectivity index (χ0n) is 9.49. The quantitative estimate of drug-likeness (QED) is 0.597. The van der Waals surface area contributed by atoms with Crippen molar-refractivity contribution in [2.75, 3.05) is 0 Å². The third-order valence-electron chi connectivity index (χ3n) is 2.55. The summed E-state index contributed by atoms with van der Waals surface area (Å²) in [4.78, 5) is 22.3. The van der Waals surface area contributed by atoms with Crippen LogP contribution in [0.2, 0.25) is 0 Å². The monoisotopic (exact) mass is 216 g/mol. The van der Waals surface area contributed by atoms with E-state index in [2.05, 4.69) is 5.32 Å². The van der Waals surface area contributed by atoms with Crippen LogP contribution in [0.5, 0.6) is 0 Å². The minimum absolute atomic E-state index is 0.101. The Morgan fingerprint density at radius 2 is 1.87 bits per heavy atom. The van der Waals surface area contributed by atoms with Crippen molar-refractivity contribution in [3.63, 3.8) is 0 Å². The smallest absolute Gasteiger partial charge is 0.326 e. The van der Waals surface area contributed by atoms with Crippen molar-refractivity contribution in [1.82, 2.24) is 5.32 Å². The molecule has 88 valence electrons. The highest BCUT2D eigenvalue weighted by Crippen LogP contribution is 2.08. The summed E-state index contributed by atoms with van der Waals surface area (Å²) in [6, 6.07) is -1.48. The van der Waals surface area contributed by atoms with Crippen LogP contribution < -0.4 is 11.1 Å². The van der Waals surface area contributed by atoms with Gasteiger partial charge in [-0.3, -0.25) is 4.79 Å². The summed E-state index contributed by atoms with van der Waals surface area (Å²) in [6.45, 7) is 5.45. The van der Waals surface area contributed by atoms with Crippen molar-refractivity contribution in [2.45, 2.75) is 45.7 Å². The molecular weight excluding hydrogens is 196 g/mol. The predicted octanol–water partition coefficient (Wildman–Crippen LogP) is 0.339. The van der Waals surface area contributed by atoms with Crippen molar-refractivity contribution >= 4 is 11.9 Å². The van der Waals surface area contributed by atoms with E-state index in [1.165, 1.54) is 0 Å². The number of hydrogen-bond acceptors (Lipinski definition) is 3. The zero-order valence-corrected chi connectivity index (χ0v) is 9.49. The van der Waals surface area contributed by atoms with Crippen LogP contribution in [0.25, 0.3) is 0 Å². The van der Waals surface area contributed by atoms with Crippen LogP contribution in [-0.4, -0.2) is 29.1 Å². The lowest BCUT2D eigenvalue weighted by Crippen LogP contribution is -2.50. The third-order valence-corrected chi connectivity index (χ3v) is 2.55. The topological polar surface area (TPSA) is 92.4 Å². The summed E-state index contributed by atoms with van der Waals surface area (Å²) >= 11 is 0. The van der Waals surface area contributed by atoms with Gasteiger partial charge in [0.05, 0.1) is 6.04 Å². The first kappa shape index (κ1) is 13.9. The summed E-state index contributed by atoms with van der Waals surface area (Å²) in [5.74, 6) is -1.51. The molecule has 4 N–H and O–H groups in total. The molecule has 0 aromatic heterocycles. The molecule has 0 heterocycles. The highest BCUT2D eigenvalue weighted by molar-refractivity contribution is 5.86. The molecule has 0 aliphatic rings. The van der Waals surface area contributed by atoms with E-state index in [4.69, 9.17) is 10.8 Å². The molecule has 0 saturated carbocycles. The SMILES string of the molecule is CCC(C)C(NC(=O)[C@@H](N)CC)C(=O)O. The number of amides is 1. The Hall–Kier alpha value is -1.10. The lowest BCUT2D eigenvalue weighted by atomic mass is 9.99. The number of nitrogens with two attached hydrogens (primary N) is 1. The minimum Gasteiger partial charge on any atom is -0.480 e. The van der Waals surface area contributed by atoms with E-state index in [0.29, 0.717) is 12.8 Å². The average Bonchev–Trinajstić information content (AvgIpc) is 2.22. The van der Waals surface area contributed by atoms with Gasteiger partial charge >= 0.3 is 5.97 Å². The first-order valence-corrected chi connectivity index (χ1v) is 5.22. The maximum atomic E-state index is 11.4. The maximum absolute atomic E-state index is 11.4. The van der Waals surface area contributed by atoms with Gasteiger partial charge in [-0.25, -0.2) is 4.79 Å². The molecule has 5 heteroatoms. The number of aliphatic carboxylic acids is 1. The lowest BCUT2D eigenvalue weighted by molar-refractivity contribution is -0.143. The summed E-state index contributed by atoms with van der Waals surface area (Å²) in [5, 5.41) is 11.4. The van der Waals surface area contributed by atoms with Gasteiger partial charge in [-0.1, -0.05) is 27.2 Å². The molecule has 15 heavy (non-hydrogen) atoms. The van der Waals surface area contributed by atoms with Crippen LogP contribution >= 0.6 is 0 Å². The highest BCUT2D eigenvalue weighted by Gasteiger charge is 2.26. The van der Waals surface area contributed by atoms with Crippen LogP contribution in [-0.2, 0) is 9.59 Å². The van der Waals surface area contributed by atoms with Crippen LogP contribution in [0.15, 0.2) is 0 Å². The number of rotatable bonds is 6. The van der Waals surface area contributed by atoms with Gasteiger partial charge in [0.2, 0.25) is 5.91 Å². The van der Waals surface area contributed by atoms with Gasteiger partial charge in [0.15, 0.2) is 0 Å². The first-order chi connectivity index (χ1) is 6.93. The molecule has 0 aliphatic heterocycles. The van der Waals surface area contributed by atoms with Gasteiger partial charge in [-0.05, 0) is 12.3 Å². The second kappa shape index (κ2) is 6.40. The molecule has 5 nitrogen and oxygen atoms in total.